The van der Waals surface area contributed by atoms with Crippen molar-refractivity contribution in [2.45, 2.75) is 6.92 Å². The minimum absolute atomic E-state index is 0.218. The zero-order valence-electron chi connectivity index (χ0n) is 10.3. The SMILES string of the molecule is Cc1cc(C(=O)O)ccc1Oc1cccc(C#N)c1. The Morgan fingerprint density at radius 1 is 1.26 bits per heavy atom. The Morgan fingerprint density at radius 2 is 2.05 bits per heavy atom. The lowest BCUT2D eigenvalue weighted by Crippen LogP contribution is -1.97. The predicted molar refractivity (Wildman–Crippen MR) is 69.4 cm³/mol. The predicted octanol–water partition coefficient (Wildman–Crippen LogP) is 3.36. The van der Waals surface area contributed by atoms with E-state index in [0.29, 0.717) is 17.1 Å². The molecule has 0 amide bonds. The van der Waals surface area contributed by atoms with Crippen LogP contribution in [-0.4, -0.2) is 11.1 Å². The molecule has 0 aromatic heterocycles. The normalized spacial score (nSPS) is 9.68. The van der Waals surface area contributed by atoms with Crippen LogP contribution in [0.15, 0.2) is 42.5 Å². The van der Waals surface area contributed by atoms with E-state index in [1.54, 1.807) is 43.3 Å². The van der Waals surface area contributed by atoms with Crippen molar-refractivity contribution in [1.82, 2.24) is 0 Å². The molecule has 2 aromatic carbocycles. The second kappa shape index (κ2) is 5.23. The van der Waals surface area contributed by atoms with Gasteiger partial charge in [-0.15, -0.1) is 0 Å². The molecule has 0 saturated heterocycles. The third-order valence-corrected chi connectivity index (χ3v) is 2.61. The first kappa shape index (κ1) is 12.7. The number of rotatable bonds is 3. The van der Waals surface area contributed by atoms with E-state index in [-0.39, 0.29) is 5.56 Å². The van der Waals surface area contributed by atoms with Crippen LogP contribution < -0.4 is 4.74 Å². The zero-order valence-corrected chi connectivity index (χ0v) is 10.3. The van der Waals surface area contributed by atoms with Crippen LogP contribution >= 0.6 is 0 Å². The number of aryl methyl sites for hydroxylation is 1. The van der Waals surface area contributed by atoms with Gasteiger partial charge in [0.05, 0.1) is 17.2 Å². The largest absolute Gasteiger partial charge is 0.478 e. The topological polar surface area (TPSA) is 70.3 Å². The molecule has 0 aliphatic heterocycles. The molecule has 94 valence electrons. The smallest absolute Gasteiger partial charge is 0.335 e. The van der Waals surface area contributed by atoms with Gasteiger partial charge in [0.2, 0.25) is 0 Å². The van der Waals surface area contributed by atoms with Crippen molar-refractivity contribution in [2.24, 2.45) is 0 Å². The fourth-order valence-electron chi connectivity index (χ4n) is 1.65. The molecule has 0 unspecified atom stereocenters. The quantitative estimate of drug-likeness (QED) is 0.910. The van der Waals surface area contributed by atoms with E-state index in [1.165, 1.54) is 6.07 Å². The van der Waals surface area contributed by atoms with E-state index >= 15 is 0 Å². The highest BCUT2D eigenvalue weighted by molar-refractivity contribution is 5.88. The Morgan fingerprint density at radius 3 is 2.68 bits per heavy atom. The molecule has 0 heterocycles. The molecule has 4 nitrogen and oxygen atoms in total. The highest BCUT2D eigenvalue weighted by Crippen LogP contribution is 2.26. The number of hydrogen-bond donors (Lipinski definition) is 1. The van der Waals surface area contributed by atoms with Gasteiger partial charge in [-0.1, -0.05) is 6.07 Å². The molecule has 0 aliphatic rings. The van der Waals surface area contributed by atoms with Gasteiger partial charge in [-0.25, -0.2) is 4.79 Å². The maximum atomic E-state index is 10.8. The molecule has 1 N–H and O–H groups in total. The third kappa shape index (κ3) is 2.90. The molecule has 0 saturated carbocycles. The lowest BCUT2D eigenvalue weighted by Gasteiger charge is -2.09. The summed E-state index contributed by atoms with van der Waals surface area (Å²) in [4.78, 5) is 10.8. The number of carbonyl (C=O) groups is 1. The second-order valence-electron chi connectivity index (χ2n) is 4.03. The molecule has 0 fully saturated rings. The molecule has 0 spiro atoms. The molecule has 0 bridgehead atoms. The first-order valence-corrected chi connectivity index (χ1v) is 5.62. The van der Waals surface area contributed by atoms with E-state index in [9.17, 15) is 4.79 Å². The lowest BCUT2D eigenvalue weighted by molar-refractivity contribution is 0.0697. The average molecular weight is 253 g/mol. The van der Waals surface area contributed by atoms with Crippen LogP contribution in [0, 0.1) is 18.3 Å². The molecular weight excluding hydrogens is 242 g/mol. The van der Waals surface area contributed by atoms with Gasteiger partial charge in [0.15, 0.2) is 0 Å². The Bertz CT molecular complexity index is 671. The summed E-state index contributed by atoms with van der Waals surface area (Å²) in [5.41, 5.74) is 1.45. The third-order valence-electron chi connectivity index (χ3n) is 2.61. The number of ether oxygens (including phenoxy) is 1. The summed E-state index contributed by atoms with van der Waals surface area (Å²) in [6, 6.07) is 13.5. The van der Waals surface area contributed by atoms with Crippen LogP contribution in [0.25, 0.3) is 0 Å². The first-order valence-electron chi connectivity index (χ1n) is 5.62. The number of carboxylic acid groups (broad SMARTS) is 1. The highest BCUT2D eigenvalue weighted by Gasteiger charge is 2.07. The second-order valence-corrected chi connectivity index (χ2v) is 4.03. The van der Waals surface area contributed by atoms with Crippen LogP contribution in [0.5, 0.6) is 11.5 Å². The van der Waals surface area contributed by atoms with Gasteiger partial charge in [-0.2, -0.15) is 5.26 Å². The monoisotopic (exact) mass is 253 g/mol. The Balaban J connectivity index is 2.28. The van der Waals surface area contributed by atoms with Crippen molar-refractivity contribution >= 4 is 5.97 Å². The highest BCUT2D eigenvalue weighted by atomic mass is 16.5. The maximum Gasteiger partial charge on any atom is 0.335 e. The zero-order chi connectivity index (χ0) is 13.8. The minimum Gasteiger partial charge on any atom is -0.478 e. The molecule has 0 aliphatic carbocycles. The summed E-state index contributed by atoms with van der Waals surface area (Å²) < 4.78 is 5.64. The summed E-state index contributed by atoms with van der Waals surface area (Å²) >= 11 is 0. The van der Waals surface area contributed by atoms with Gasteiger partial charge in [0.1, 0.15) is 11.5 Å². The number of benzene rings is 2. The summed E-state index contributed by atoms with van der Waals surface area (Å²) in [5, 5.41) is 17.7. The molecule has 4 heteroatoms. The van der Waals surface area contributed by atoms with Crippen LogP contribution in [-0.2, 0) is 0 Å². The van der Waals surface area contributed by atoms with Gasteiger partial charge in [-0.05, 0) is 48.9 Å². The Labute approximate surface area is 110 Å². The van der Waals surface area contributed by atoms with Crippen molar-refractivity contribution < 1.29 is 14.6 Å². The molecule has 19 heavy (non-hydrogen) atoms. The van der Waals surface area contributed by atoms with Crippen molar-refractivity contribution in [3.8, 4) is 17.6 Å². The van der Waals surface area contributed by atoms with Crippen molar-refractivity contribution in [1.29, 1.82) is 5.26 Å². The standard InChI is InChI=1S/C15H11NO3/c1-10-7-12(15(17)18)5-6-14(10)19-13-4-2-3-11(8-13)9-16/h2-8H,1H3,(H,17,18). The maximum absolute atomic E-state index is 10.8. The van der Waals surface area contributed by atoms with Crippen molar-refractivity contribution in [3.63, 3.8) is 0 Å². The fourth-order valence-corrected chi connectivity index (χ4v) is 1.65. The Hall–Kier alpha value is -2.80. The van der Waals surface area contributed by atoms with Crippen LogP contribution in [0.3, 0.4) is 0 Å². The van der Waals surface area contributed by atoms with E-state index in [2.05, 4.69) is 0 Å². The van der Waals surface area contributed by atoms with Crippen LogP contribution in [0.2, 0.25) is 0 Å². The van der Waals surface area contributed by atoms with Crippen molar-refractivity contribution in [3.05, 3.63) is 59.2 Å². The summed E-state index contributed by atoms with van der Waals surface area (Å²) in [7, 11) is 0. The number of carboxylic acids is 1. The fraction of sp³-hybridized carbons (Fsp3) is 0.0667. The van der Waals surface area contributed by atoms with E-state index in [4.69, 9.17) is 15.1 Å². The summed E-state index contributed by atoms with van der Waals surface area (Å²) in [6.45, 7) is 1.77. The lowest BCUT2D eigenvalue weighted by atomic mass is 10.1. The average Bonchev–Trinajstić information content (AvgIpc) is 2.41. The number of aromatic carboxylic acids is 1. The van der Waals surface area contributed by atoms with Gasteiger partial charge >= 0.3 is 5.97 Å². The molecular formula is C15H11NO3. The van der Waals surface area contributed by atoms with Crippen molar-refractivity contribution in [2.75, 3.05) is 0 Å². The number of nitriles is 1. The van der Waals surface area contributed by atoms with Gasteiger partial charge in [0.25, 0.3) is 0 Å². The minimum atomic E-state index is -0.971. The van der Waals surface area contributed by atoms with E-state index < -0.39 is 5.97 Å². The summed E-state index contributed by atoms with van der Waals surface area (Å²) in [5.74, 6) is 0.145. The van der Waals surface area contributed by atoms with E-state index in [1.807, 2.05) is 6.07 Å². The van der Waals surface area contributed by atoms with Gasteiger partial charge in [0, 0.05) is 0 Å². The van der Waals surface area contributed by atoms with E-state index in [0.717, 1.165) is 5.56 Å². The molecule has 0 radical (unpaired) electrons. The Kier molecular flexibility index (Phi) is 3.48. The summed E-state index contributed by atoms with van der Waals surface area (Å²) in [6.07, 6.45) is 0. The number of hydrogen-bond acceptors (Lipinski definition) is 3. The number of nitrogens with zero attached hydrogens (tertiary/aromatic N) is 1. The molecule has 2 aromatic rings. The first-order chi connectivity index (χ1) is 9.10. The molecule has 0 atom stereocenters. The molecule has 2 rings (SSSR count). The van der Waals surface area contributed by atoms with Gasteiger partial charge in [-0.3, -0.25) is 0 Å². The van der Waals surface area contributed by atoms with Gasteiger partial charge < -0.3 is 9.84 Å². The van der Waals surface area contributed by atoms with Crippen LogP contribution in [0.1, 0.15) is 21.5 Å². The van der Waals surface area contributed by atoms with Crippen LogP contribution in [0.4, 0.5) is 0 Å².